The molecular formula is C28H28FN3O. The van der Waals surface area contributed by atoms with E-state index in [9.17, 15) is 9.18 Å². The molecule has 2 saturated carbocycles. The van der Waals surface area contributed by atoms with Crippen LogP contribution in [0.3, 0.4) is 0 Å². The van der Waals surface area contributed by atoms with Gasteiger partial charge >= 0.3 is 0 Å². The van der Waals surface area contributed by atoms with Crippen molar-refractivity contribution < 1.29 is 9.18 Å². The first-order valence-electron chi connectivity index (χ1n) is 11.8. The lowest BCUT2D eigenvalue weighted by Crippen LogP contribution is -2.26. The molecule has 2 unspecified atom stereocenters. The minimum atomic E-state index is -0.210. The SMILES string of the molecule is CC#Cc1ccc(NC(=O)C(C)[C@@H]2CC3C[C@H](c4ccnc5ccc(F)cc45)C[C@@H]3C2)cn1. The standard InChI is InChI=1S/C28H28FN3O/c1-3-4-23-6-7-24(16-31-23)32-28(33)17(2)18-11-19-13-21(14-20(19)12-18)25-9-10-30-27-8-5-22(29)15-26(25)27/h5-10,15-21H,11-14H2,1-2H3,(H,32,33)/t17?,18-,19-,20?,21+/m0/s1. The predicted octanol–water partition coefficient (Wildman–Crippen LogP) is 5.93. The molecule has 5 atom stereocenters. The molecule has 2 fully saturated rings. The minimum absolute atomic E-state index is 0.0417. The van der Waals surface area contributed by atoms with Gasteiger partial charge in [0.05, 0.1) is 17.4 Å². The predicted molar refractivity (Wildman–Crippen MR) is 128 cm³/mol. The minimum Gasteiger partial charge on any atom is -0.324 e. The summed E-state index contributed by atoms with van der Waals surface area (Å²) in [6, 6.07) is 10.6. The van der Waals surface area contributed by atoms with Gasteiger partial charge in [0.25, 0.3) is 0 Å². The van der Waals surface area contributed by atoms with E-state index in [1.165, 1.54) is 11.6 Å². The Balaban J connectivity index is 1.22. The van der Waals surface area contributed by atoms with Crippen molar-refractivity contribution in [3.05, 3.63) is 65.9 Å². The number of hydrogen-bond donors (Lipinski definition) is 1. The van der Waals surface area contributed by atoms with Crippen LogP contribution in [0.15, 0.2) is 48.8 Å². The van der Waals surface area contributed by atoms with E-state index in [0.29, 0.717) is 35.1 Å². The first kappa shape index (κ1) is 21.6. The monoisotopic (exact) mass is 441 g/mol. The Morgan fingerprint density at radius 1 is 1.09 bits per heavy atom. The van der Waals surface area contributed by atoms with Gasteiger partial charge in [0.2, 0.25) is 5.91 Å². The fraction of sp³-hybridized carbons (Fsp3) is 0.393. The summed E-state index contributed by atoms with van der Waals surface area (Å²) in [7, 11) is 0. The largest absolute Gasteiger partial charge is 0.324 e. The molecule has 0 spiro atoms. The molecular weight excluding hydrogens is 413 g/mol. The second-order valence-corrected chi connectivity index (χ2v) is 9.57. The third-order valence-electron chi connectivity index (χ3n) is 7.63. The molecule has 1 amide bonds. The molecule has 2 aromatic heterocycles. The van der Waals surface area contributed by atoms with Crippen LogP contribution in [-0.2, 0) is 4.79 Å². The molecule has 2 aliphatic rings. The van der Waals surface area contributed by atoms with E-state index in [1.54, 1.807) is 25.3 Å². The van der Waals surface area contributed by atoms with Crippen molar-refractivity contribution in [1.82, 2.24) is 9.97 Å². The Morgan fingerprint density at radius 2 is 1.88 bits per heavy atom. The summed E-state index contributed by atoms with van der Waals surface area (Å²) in [5.74, 6) is 7.62. The number of carbonyl (C=O) groups excluding carboxylic acids is 1. The number of halogens is 1. The van der Waals surface area contributed by atoms with Crippen LogP contribution in [0.2, 0.25) is 0 Å². The van der Waals surface area contributed by atoms with Crippen LogP contribution in [0.5, 0.6) is 0 Å². The zero-order chi connectivity index (χ0) is 22.9. The third-order valence-corrected chi connectivity index (χ3v) is 7.63. The van der Waals surface area contributed by atoms with Crippen molar-refractivity contribution in [2.75, 3.05) is 5.32 Å². The highest BCUT2D eigenvalue weighted by Crippen LogP contribution is 2.54. The Bertz CT molecular complexity index is 1230. The molecule has 0 saturated heterocycles. The first-order valence-corrected chi connectivity index (χ1v) is 11.8. The molecule has 168 valence electrons. The van der Waals surface area contributed by atoms with Gasteiger partial charge in [-0.3, -0.25) is 9.78 Å². The van der Waals surface area contributed by atoms with E-state index in [4.69, 9.17) is 0 Å². The van der Waals surface area contributed by atoms with E-state index < -0.39 is 0 Å². The Morgan fingerprint density at radius 3 is 2.58 bits per heavy atom. The van der Waals surface area contributed by atoms with Crippen LogP contribution in [0, 0.1) is 41.3 Å². The second kappa shape index (κ2) is 8.94. The van der Waals surface area contributed by atoms with Gasteiger partial charge in [0.1, 0.15) is 11.5 Å². The summed E-state index contributed by atoms with van der Waals surface area (Å²) in [5.41, 5.74) is 3.49. The highest BCUT2D eigenvalue weighted by atomic mass is 19.1. The van der Waals surface area contributed by atoms with Crippen molar-refractivity contribution in [1.29, 1.82) is 0 Å². The molecule has 5 heteroatoms. The van der Waals surface area contributed by atoms with Gasteiger partial charge in [-0.15, -0.1) is 0 Å². The topological polar surface area (TPSA) is 54.9 Å². The molecule has 2 aliphatic carbocycles. The van der Waals surface area contributed by atoms with Crippen LogP contribution in [0.4, 0.5) is 10.1 Å². The van der Waals surface area contributed by atoms with Gasteiger partial charge in [-0.2, -0.15) is 0 Å². The van der Waals surface area contributed by atoms with Gasteiger partial charge in [0, 0.05) is 17.5 Å². The second-order valence-electron chi connectivity index (χ2n) is 9.57. The van der Waals surface area contributed by atoms with Crippen LogP contribution < -0.4 is 5.32 Å². The third kappa shape index (κ3) is 4.35. The van der Waals surface area contributed by atoms with Gasteiger partial charge < -0.3 is 5.32 Å². The number of amides is 1. The number of nitrogens with one attached hydrogen (secondary N) is 1. The lowest BCUT2D eigenvalue weighted by atomic mass is 9.86. The molecule has 1 N–H and O–H groups in total. The van der Waals surface area contributed by atoms with Crippen LogP contribution in [0.25, 0.3) is 10.9 Å². The summed E-state index contributed by atoms with van der Waals surface area (Å²) in [4.78, 5) is 21.6. The Kier molecular flexibility index (Phi) is 5.85. The summed E-state index contributed by atoms with van der Waals surface area (Å²) in [6.45, 7) is 3.82. The molecule has 33 heavy (non-hydrogen) atoms. The van der Waals surface area contributed by atoms with Crippen molar-refractivity contribution in [2.24, 2.45) is 23.7 Å². The molecule has 3 aromatic rings. The molecule has 4 nitrogen and oxygen atoms in total. The van der Waals surface area contributed by atoms with E-state index in [1.807, 2.05) is 25.3 Å². The number of aromatic nitrogens is 2. The Labute approximate surface area is 194 Å². The number of pyridine rings is 2. The van der Waals surface area contributed by atoms with Crippen LogP contribution in [0.1, 0.15) is 56.7 Å². The van der Waals surface area contributed by atoms with E-state index >= 15 is 0 Å². The van der Waals surface area contributed by atoms with E-state index in [-0.39, 0.29) is 17.6 Å². The van der Waals surface area contributed by atoms with Crippen molar-refractivity contribution in [3.8, 4) is 11.8 Å². The lowest BCUT2D eigenvalue weighted by Gasteiger charge is -2.21. The van der Waals surface area contributed by atoms with Gasteiger partial charge in [-0.25, -0.2) is 9.37 Å². The molecule has 0 bridgehead atoms. The normalized spacial score (nSPS) is 24.7. The molecule has 2 heterocycles. The average molecular weight is 442 g/mol. The summed E-state index contributed by atoms with van der Waals surface area (Å²) >= 11 is 0. The fourth-order valence-corrected chi connectivity index (χ4v) is 5.96. The fourth-order valence-electron chi connectivity index (χ4n) is 5.96. The van der Waals surface area contributed by atoms with Gasteiger partial charge in [0.15, 0.2) is 0 Å². The smallest absolute Gasteiger partial charge is 0.227 e. The highest BCUT2D eigenvalue weighted by Gasteiger charge is 2.44. The zero-order valence-electron chi connectivity index (χ0n) is 19.0. The van der Waals surface area contributed by atoms with Crippen LogP contribution in [-0.4, -0.2) is 15.9 Å². The number of benzene rings is 1. The van der Waals surface area contributed by atoms with Crippen LogP contribution >= 0.6 is 0 Å². The quantitative estimate of drug-likeness (QED) is 0.510. The van der Waals surface area contributed by atoms with E-state index in [0.717, 1.165) is 36.6 Å². The maximum Gasteiger partial charge on any atom is 0.227 e. The van der Waals surface area contributed by atoms with Crippen molar-refractivity contribution >= 4 is 22.5 Å². The number of nitrogens with zero attached hydrogens (tertiary/aromatic N) is 2. The molecule has 1 aromatic carbocycles. The van der Waals surface area contributed by atoms with Crippen molar-refractivity contribution in [3.63, 3.8) is 0 Å². The molecule has 5 rings (SSSR count). The highest BCUT2D eigenvalue weighted by molar-refractivity contribution is 5.92. The van der Waals surface area contributed by atoms with Crippen molar-refractivity contribution in [2.45, 2.75) is 45.4 Å². The van der Waals surface area contributed by atoms with Gasteiger partial charge in [-0.05, 0) is 104 Å². The Hall–Kier alpha value is -3.26. The summed E-state index contributed by atoms with van der Waals surface area (Å²) < 4.78 is 13.9. The summed E-state index contributed by atoms with van der Waals surface area (Å²) in [6.07, 6.45) is 7.88. The maximum atomic E-state index is 13.9. The molecule has 0 aliphatic heterocycles. The van der Waals surface area contributed by atoms with E-state index in [2.05, 4.69) is 33.2 Å². The molecule has 0 radical (unpaired) electrons. The maximum absolute atomic E-state index is 13.9. The number of carbonyl (C=O) groups is 1. The first-order chi connectivity index (χ1) is 16.0. The van der Waals surface area contributed by atoms with Gasteiger partial charge in [-0.1, -0.05) is 12.8 Å². The number of rotatable bonds is 4. The number of fused-ring (bicyclic) bond motifs is 2. The summed E-state index contributed by atoms with van der Waals surface area (Å²) in [5, 5.41) is 3.96. The average Bonchev–Trinajstić information content (AvgIpc) is 3.39. The lowest BCUT2D eigenvalue weighted by molar-refractivity contribution is -0.120. The number of anilines is 1. The zero-order valence-corrected chi connectivity index (χ0v) is 19.0. The number of hydrogen-bond acceptors (Lipinski definition) is 3.